The van der Waals surface area contributed by atoms with Gasteiger partial charge in [0.15, 0.2) is 5.43 Å². The number of hydrogen-bond donors (Lipinski definition) is 2. The summed E-state index contributed by atoms with van der Waals surface area (Å²) in [5.74, 6) is 1.30. The minimum Gasteiger partial charge on any atom is -0.497 e. The number of nitrogens with one attached hydrogen (secondary N) is 2. The van der Waals surface area contributed by atoms with Gasteiger partial charge in [-0.15, -0.1) is 11.8 Å². The van der Waals surface area contributed by atoms with Gasteiger partial charge < -0.3 is 9.72 Å². The standard InChI is InChI=1S/C21H19N3O3S/c1-13-3-9-17(10-4-13)28-12-14-11-18(25)19-20(22-14)23-24(21(19)26)15-5-7-16(27-2)8-6-15/h3-11H,12H2,1-2H3,(H2,22,23,25). The highest BCUT2D eigenvalue weighted by molar-refractivity contribution is 7.98. The second-order valence-corrected chi connectivity index (χ2v) is 7.51. The summed E-state index contributed by atoms with van der Waals surface area (Å²) in [6.07, 6.45) is 0. The molecule has 0 radical (unpaired) electrons. The summed E-state index contributed by atoms with van der Waals surface area (Å²) in [6.45, 7) is 2.05. The van der Waals surface area contributed by atoms with E-state index >= 15 is 0 Å². The van der Waals surface area contributed by atoms with Gasteiger partial charge in [-0.25, -0.2) is 4.68 Å². The van der Waals surface area contributed by atoms with Crippen LogP contribution in [0.25, 0.3) is 16.7 Å². The van der Waals surface area contributed by atoms with Crippen LogP contribution in [0.3, 0.4) is 0 Å². The molecule has 0 atom stereocenters. The molecule has 0 aliphatic carbocycles. The molecule has 0 aliphatic rings. The number of thioether (sulfide) groups is 1. The zero-order chi connectivity index (χ0) is 19.7. The van der Waals surface area contributed by atoms with Crippen LogP contribution < -0.4 is 15.7 Å². The third-order valence-electron chi connectivity index (χ3n) is 4.47. The van der Waals surface area contributed by atoms with Gasteiger partial charge >= 0.3 is 0 Å². The molecule has 0 spiro atoms. The molecule has 0 amide bonds. The predicted molar refractivity (Wildman–Crippen MR) is 112 cm³/mol. The minimum atomic E-state index is -0.376. The van der Waals surface area contributed by atoms with Crippen LogP contribution in [0, 0.1) is 6.92 Å². The number of pyridine rings is 1. The van der Waals surface area contributed by atoms with Crippen molar-refractivity contribution in [3.8, 4) is 11.4 Å². The summed E-state index contributed by atoms with van der Waals surface area (Å²) in [4.78, 5) is 29.5. The van der Waals surface area contributed by atoms with E-state index < -0.39 is 0 Å². The normalized spacial score (nSPS) is 11.1. The summed E-state index contributed by atoms with van der Waals surface area (Å²) in [7, 11) is 1.58. The maximum absolute atomic E-state index is 12.7. The molecule has 0 saturated carbocycles. The average Bonchev–Trinajstić information content (AvgIpc) is 3.04. The summed E-state index contributed by atoms with van der Waals surface area (Å²) in [5, 5.41) is 3.13. The Balaban J connectivity index is 1.67. The van der Waals surface area contributed by atoms with Gasteiger partial charge in [0.25, 0.3) is 5.56 Å². The summed E-state index contributed by atoms with van der Waals surface area (Å²) in [5.41, 5.74) is 2.35. The van der Waals surface area contributed by atoms with Crippen LogP contribution in [0.2, 0.25) is 0 Å². The van der Waals surface area contributed by atoms with Crippen LogP contribution in [0.4, 0.5) is 0 Å². The molecule has 6 nitrogen and oxygen atoms in total. The first kappa shape index (κ1) is 18.2. The van der Waals surface area contributed by atoms with Crippen molar-refractivity contribution in [3.63, 3.8) is 0 Å². The first-order valence-electron chi connectivity index (χ1n) is 8.76. The van der Waals surface area contributed by atoms with E-state index in [4.69, 9.17) is 4.74 Å². The van der Waals surface area contributed by atoms with Gasteiger partial charge in [0.05, 0.1) is 12.8 Å². The van der Waals surface area contributed by atoms with Crippen molar-refractivity contribution in [3.05, 3.63) is 86.4 Å². The van der Waals surface area contributed by atoms with Crippen molar-refractivity contribution >= 4 is 22.8 Å². The van der Waals surface area contributed by atoms with Gasteiger partial charge in [-0.1, -0.05) is 17.7 Å². The Morgan fingerprint density at radius 2 is 1.75 bits per heavy atom. The van der Waals surface area contributed by atoms with Gasteiger partial charge in [0.1, 0.15) is 16.8 Å². The zero-order valence-electron chi connectivity index (χ0n) is 15.5. The van der Waals surface area contributed by atoms with Gasteiger partial charge in [0, 0.05) is 22.4 Å². The molecular weight excluding hydrogens is 374 g/mol. The van der Waals surface area contributed by atoms with Crippen molar-refractivity contribution in [2.24, 2.45) is 0 Å². The minimum absolute atomic E-state index is 0.125. The lowest BCUT2D eigenvalue weighted by Crippen LogP contribution is -2.18. The van der Waals surface area contributed by atoms with Crippen molar-refractivity contribution in [1.29, 1.82) is 0 Å². The fourth-order valence-corrected chi connectivity index (χ4v) is 3.78. The van der Waals surface area contributed by atoms with E-state index in [1.807, 2.05) is 6.92 Å². The SMILES string of the molecule is COc1ccc(-n2[nH]c3[nH]c(CSc4ccc(C)cc4)cc(=O)c3c2=O)cc1. The lowest BCUT2D eigenvalue weighted by atomic mass is 10.2. The molecule has 4 rings (SSSR count). The Morgan fingerprint density at radius 3 is 2.43 bits per heavy atom. The molecular formula is C21H19N3O3S. The summed E-state index contributed by atoms with van der Waals surface area (Å²) in [6, 6.07) is 16.8. The molecule has 0 saturated heterocycles. The second kappa shape index (κ2) is 7.44. The number of ether oxygens (including phenoxy) is 1. The molecule has 2 aromatic carbocycles. The molecule has 0 bridgehead atoms. The molecule has 2 aromatic heterocycles. The molecule has 0 aliphatic heterocycles. The number of benzene rings is 2. The number of methoxy groups -OCH3 is 1. The smallest absolute Gasteiger partial charge is 0.284 e. The topological polar surface area (TPSA) is 79.9 Å². The zero-order valence-corrected chi connectivity index (χ0v) is 16.3. The molecule has 2 heterocycles. The summed E-state index contributed by atoms with van der Waals surface area (Å²) >= 11 is 1.63. The number of H-pyrrole nitrogens is 2. The number of nitrogens with zero attached hydrogens (tertiary/aromatic N) is 1. The molecule has 28 heavy (non-hydrogen) atoms. The van der Waals surface area contributed by atoms with Gasteiger partial charge in [0.2, 0.25) is 0 Å². The van der Waals surface area contributed by atoms with Crippen LogP contribution in [0.5, 0.6) is 5.75 Å². The number of aryl methyl sites for hydroxylation is 1. The molecule has 7 heteroatoms. The highest BCUT2D eigenvalue weighted by Gasteiger charge is 2.13. The summed E-state index contributed by atoms with van der Waals surface area (Å²) < 4.78 is 6.50. The molecule has 2 N–H and O–H groups in total. The maximum atomic E-state index is 12.7. The molecule has 0 unspecified atom stereocenters. The number of rotatable bonds is 5. The van der Waals surface area contributed by atoms with Gasteiger partial charge in [-0.3, -0.25) is 14.7 Å². The first-order valence-corrected chi connectivity index (χ1v) is 9.74. The third-order valence-corrected chi connectivity index (χ3v) is 5.53. The predicted octanol–water partition coefficient (Wildman–Crippen LogP) is 3.62. The Bertz CT molecular complexity index is 1240. The quantitative estimate of drug-likeness (QED) is 0.508. The first-order chi connectivity index (χ1) is 13.5. The van der Waals surface area contributed by atoms with Crippen LogP contribution >= 0.6 is 11.8 Å². The Kier molecular flexibility index (Phi) is 4.83. The number of fused-ring (bicyclic) bond motifs is 1. The van der Waals surface area contributed by atoms with Crippen molar-refractivity contribution < 1.29 is 4.74 Å². The van der Waals surface area contributed by atoms with E-state index in [0.717, 1.165) is 10.6 Å². The molecule has 142 valence electrons. The van der Waals surface area contributed by atoms with Crippen molar-refractivity contribution in [1.82, 2.24) is 14.8 Å². The van der Waals surface area contributed by atoms with Crippen molar-refractivity contribution in [2.75, 3.05) is 7.11 Å². The lowest BCUT2D eigenvalue weighted by Gasteiger charge is -2.04. The highest BCUT2D eigenvalue weighted by atomic mass is 32.2. The van der Waals surface area contributed by atoms with E-state index in [1.54, 1.807) is 43.1 Å². The van der Waals surface area contributed by atoms with Crippen LogP contribution in [0.1, 0.15) is 11.3 Å². The Labute approximate surface area is 165 Å². The number of hydrogen-bond acceptors (Lipinski definition) is 4. The lowest BCUT2D eigenvalue weighted by molar-refractivity contribution is 0.414. The van der Waals surface area contributed by atoms with Crippen LogP contribution in [0.15, 0.2) is 69.1 Å². The van der Waals surface area contributed by atoms with Gasteiger partial charge in [-0.05, 0) is 43.3 Å². The largest absolute Gasteiger partial charge is 0.497 e. The maximum Gasteiger partial charge on any atom is 0.284 e. The van der Waals surface area contributed by atoms with E-state index in [2.05, 4.69) is 34.3 Å². The number of aromatic nitrogens is 3. The Morgan fingerprint density at radius 1 is 1.04 bits per heavy atom. The van der Waals surface area contributed by atoms with Crippen LogP contribution in [-0.2, 0) is 5.75 Å². The number of aromatic amines is 2. The second-order valence-electron chi connectivity index (χ2n) is 6.46. The average molecular weight is 393 g/mol. The molecule has 4 aromatic rings. The van der Waals surface area contributed by atoms with Crippen molar-refractivity contribution in [2.45, 2.75) is 17.6 Å². The fourth-order valence-electron chi connectivity index (χ4n) is 2.97. The Hall–Kier alpha value is -3.19. The van der Waals surface area contributed by atoms with Gasteiger partial charge in [-0.2, -0.15) is 0 Å². The fraction of sp³-hybridized carbons (Fsp3) is 0.143. The van der Waals surface area contributed by atoms with E-state index in [0.29, 0.717) is 22.8 Å². The van der Waals surface area contributed by atoms with E-state index in [9.17, 15) is 9.59 Å². The monoisotopic (exact) mass is 393 g/mol. The van der Waals surface area contributed by atoms with E-state index in [-0.39, 0.29) is 16.4 Å². The highest BCUT2D eigenvalue weighted by Crippen LogP contribution is 2.22. The third kappa shape index (κ3) is 3.48. The molecule has 0 fully saturated rings. The van der Waals surface area contributed by atoms with Crippen LogP contribution in [-0.4, -0.2) is 21.9 Å². The van der Waals surface area contributed by atoms with E-state index in [1.165, 1.54) is 16.3 Å².